The number of hydrogen-bond donors (Lipinski definition) is 1. The quantitative estimate of drug-likeness (QED) is 0.594. The van der Waals surface area contributed by atoms with E-state index in [-0.39, 0.29) is 12.6 Å². The van der Waals surface area contributed by atoms with Crippen LogP contribution in [0.15, 0.2) is 42.6 Å². The summed E-state index contributed by atoms with van der Waals surface area (Å²) in [5.74, 6) is -1.45. The van der Waals surface area contributed by atoms with Gasteiger partial charge >= 0.3 is 6.43 Å². The van der Waals surface area contributed by atoms with Crippen LogP contribution in [0.2, 0.25) is 0 Å². The van der Waals surface area contributed by atoms with E-state index in [2.05, 4.69) is 10.3 Å². The molecule has 1 aromatic heterocycles. The number of rotatable bonds is 8. The van der Waals surface area contributed by atoms with Crippen LogP contribution in [0, 0.1) is 0 Å². The van der Waals surface area contributed by atoms with Gasteiger partial charge in [-0.25, -0.2) is 8.78 Å². The van der Waals surface area contributed by atoms with Crippen molar-refractivity contribution >= 4 is 5.91 Å². The Bertz CT molecular complexity index is 906. The van der Waals surface area contributed by atoms with E-state index in [1.54, 1.807) is 30.5 Å². The Kier molecular flexibility index (Phi) is 7.51. The first-order valence-corrected chi connectivity index (χ1v) is 10.4. The van der Waals surface area contributed by atoms with E-state index in [0.29, 0.717) is 5.56 Å². The molecular formula is C23H27F4N3O2. The molecule has 1 aliphatic rings. The summed E-state index contributed by atoms with van der Waals surface area (Å²) < 4.78 is 58.1. The monoisotopic (exact) mass is 453 g/mol. The first-order valence-electron chi connectivity index (χ1n) is 10.4. The lowest BCUT2D eigenvalue weighted by molar-refractivity contribution is -0.159. The molecule has 3 rings (SSSR count). The number of pyridine rings is 1. The van der Waals surface area contributed by atoms with Gasteiger partial charge in [0, 0.05) is 24.3 Å². The average Bonchev–Trinajstić information content (AvgIpc) is 3.07. The zero-order valence-electron chi connectivity index (χ0n) is 18.2. The van der Waals surface area contributed by atoms with Crippen molar-refractivity contribution in [1.82, 2.24) is 15.2 Å². The fraction of sp³-hybridized carbons (Fsp3) is 0.478. The smallest absolute Gasteiger partial charge is 0.315 e. The molecule has 1 N–H and O–H groups in total. The molecule has 0 saturated carbocycles. The van der Waals surface area contributed by atoms with E-state index in [1.165, 1.54) is 13.8 Å². The maximum absolute atomic E-state index is 13.8. The molecule has 0 aliphatic carbocycles. The highest BCUT2D eigenvalue weighted by molar-refractivity contribution is 5.80. The lowest BCUT2D eigenvalue weighted by atomic mass is 9.99. The van der Waals surface area contributed by atoms with Crippen molar-refractivity contribution in [3.63, 3.8) is 0 Å². The van der Waals surface area contributed by atoms with E-state index >= 15 is 0 Å². The number of carbonyl (C=O) groups excluding carboxylic acids is 1. The van der Waals surface area contributed by atoms with Crippen molar-refractivity contribution in [3.8, 4) is 11.1 Å². The highest BCUT2D eigenvalue weighted by Gasteiger charge is 2.52. The van der Waals surface area contributed by atoms with Gasteiger partial charge in [-0.3, -0.25) is 9.78 Å². The minimum atomic E-state index is -3.24. The second-order valence-electron chi connectivity index (χ2n) is 8.17. The number of benzene rings is 1. The number of hydrogen-bond acceptors (Lipinski definition) is 4. The molecule has 32 heavy (non-hydrogen) atoms. The minimum Gasteiger partial charge on any atom is -0.346 e. The molecule has 2 aromatic rings. The third kappa shape index (κ3) is 4.94. The molecule has 2 heterocycles. The second kappa shape index (κ2) is 9.95. The average molecular weight is 453 g/mol. The third-order valence-corrected chi connectivity index (χ3v) is 5.61. The van der Waals surface area contributed by atoms with Crippen LogP contribution < -0.4 is 5.32 Å². The first kappa shape index (κ1) is 24.1. The molecule has 9 heteroatoms. The molecule has 1 aromatic carbocycles. The number of ether oxygens (including phenoxy) is 1. The lowest BCUT2D eigenvalue weighted by Gasteiger charge is -2.32. The molecule has 0 spiro atoms. The topological polar surface area (TPSA) is 54.5 Å². The van der Waals surface area contributed by atoms with Gasteiger partial charge in [-0.2, -0.15) is 8.78 Å². The predicted molar refractivity (Wildman–Crippen MR) is 113 cm³/mol. The van der Waals surface area contributed by atoms with Crippen molar-refractivity contribution in [2.24, 2.45) is 0 Å². The van der Waals surface area contributed by atoms with Gasteiger partial charge in [0.1, 0.15) is 25.2 Å². The molecule has 3 atom stereocenters. The van der Waals surface area contributed by atoms with Crippen LogP contribution in [-0.2, 0) is 9.53 Å². The minimum absolute atomic E-state index is 0.0819. The standard InChI is InChI=1S/C23H27F4N3O2/c1-14(28-11-10-24)18-9-8-17(13-29-18)15-4-6-16(7-5-15)20-19(12-25)30(22(31)21(26)27)23(2,3)32-20/h4-9,13-14,19-21,28H,10-12H2,1-3H3. The van der Waals surface area contributed by atoms with Crippen molar-refractivity contribution in [1.29, 1.82) is 0 Å². The molecule has 3 unspecified atom stereocenters. The van der Waals surface area contributed by atoms with Crippen molar-refractivity contribution in [3.05, 3.63) is 53.9 Å². The molecule has 1 saturated heterocycles. The Morgan fingerprint density at radius 1 is 1.16 bits per heavy atom. The Labute approximate surface area is 184 Å². The molecule has 1 fully saturated rings. The zero-order valence-corrected chi connectivity index (χ0v) is 18.2. The molecule has 174 valence electrons. The maximum Gasteiger partial charge on any atom is 0.315 e. The summed E-state index contributed by atoms with van der Waals surface area (Å²) >= 11 is 0. The van der Waals surface area contributed by atoms with Crippen LogP contribution in [0.4, 0.5) is 17.6 Å². The van der Waals surface area contributed by atoms with Crippen molar-refractivity contribution in [2.75, 3.05) is 19.9 Å². The fourth-order valence-corrected chi connectivity index (χ4v) is 4.03. The van der Waals surface area contributed by atoms with Gasteiger partial charge in [-0.1, -0.05) is 30.3 Å². The Hall–Kier alpha value is -2.52. The van der Waals surface area contributed by atoms with Gasteiger partial charge in [0.2, 0.25) is 0 Å². The van der Waals surface area contributed by atoms with E-state index in [0.717, 1.165) is 21.7 Å². The van der Waals surface area contributed by atoms with Crippen molar-refractivity contribution < 1.29 is 27.1 Å². The summed E-state index contributed by atoms with van der Waals surface area (Å²) in [4.78, 5) is 17.2. The van der Waals surface area contributed by atoms with Crippen LogP contribution in [-0.4, -0.2) is 53.9 Å². The SMILES string of the molecule is CC(NCCF)c1ccc(-c2ccc(C3OC(C)(C)N(C(=O)C(F)F)C3CF)cc2)cn1. The summed E-state index contributed by atoms with van der Waals surface area (Å²) in [6.07, 6.45) is -2.39. The van der Waals surface area contributed by atoms with Crippen LogP contribution in [0.5, 0.6) is 0 Å². The number of aromatic nitrogens is 1. The number of carbonyl (C=O) groups is 1. The zero-order chi connectivity index (χ0) is 23.5. The largest absolute Gasteiger partial charge is 0.346 e. The number of nitrogens with one attached hydrogen (secondary N) is 1. The van der Waals surface area contributed by atoms with Gasteiger partial charge in [-0.15, -0.1) is 0 Å². The van der Waals surface area contributed by atoms with Crippen LogP contribution >= 0.6 is 0 Å². The lowest BCUT2D eigenvalue weighted by Crippen LogP contribution is -2.51. The molecule has 5 nitrogen and oxygen atoms in total. The van der Waals surface area contributed by atoms with E-state index in [9.17, 15) is 22.4 Å². The van der Waals surface area contributed by atoms with Crippen molar-refractivity contribution in [2.45, 2.75) is 51.1 Å². The summed E-state index contributed by atoms with van der Waals surface area (Å²) in [5.41, 5.74) is 1.71. The van der Waals surface area contributed by atoms with Crippen LogP contribution in [0.1, 0.15) is 44.2 Å². The van der Waals surface area contributed by atoms with E-state index < -0.39 is 43.6 Å². The molecular weight excluding hydrogens is 426 g/mol. The van der Waals surface area contributed by atoms with E-state index in [4.69, 9.17) is 4.74 Å². The maximum atomic E-state index is 13.8. The first-order chi connectivity index (χ1) is 15.2. The summed E-state index contributed by atoms with van der Waals surface area (Å²) in [6, 6.07) is 9.60. The highest BCUT2D eigenvalue weighted by atomic mass is 19.3. The summed E-state index contributed by atoms with van der Waals surface area (Å²) in [7, 11) is 0. The molecule has 0 radical (unpaired) electrons. The summed E-state index contributed by atoms with van der Waals surface area (Å²) in [6.45, 7) is 3.65. The fourth-order valence-electron chi connectivity index (χ4n) is 4.03. The molecule has 1 aliphatic heterocycles. The van der Waals surface area contributed by atoms with Crippen LogP contribution in [0.3, 0.4) is 0 Å². The van der Waals surface area contributed by atoms with Gasteiger partial charge in [0.15, 0.2) is 0 Å². The second-order valence-corrected chi connectivity index (χ2v) is 8.17. The molecule has 0 bridgehead atoms. The number of halogens is 4. The Morgan fingerprint density at radius 3 is 2.34 bits per heavy atom. The normalized spacial score (nSPS) is 21.2. The van der Waals surface area contributed by atoms with E-state index in [1.807, 2.05) is 19.1 Å². The highest BCUT2D eigenvalue weighted by Crippen LogP contribution is 2.42. The van der Waals surface area contributed by atoms with Crippen LogP contribution in [0.25, 0.3) is 11.1 Å². The Morgan fingerprint density at radius 2 is 1.81 bits per heavy atom. The number of amides is 1. The van der Waals surface area contributed by atoms with Gasteiger partial charge in [0.25, 0.3) is 5.91 Å². The number of alkyl halides is 4. The van der Waals surface area contributed by atoms with Gasteiger partial charge in [-0.05, 0) is 38.0 Å². The third-order valence-electron chi connectivity index (χ3n) is 5.61. The predicted octanol–water partition coefficient (Wildman–Crippen LogP) is 4.61. The van der Waals surface area contributed by atoms with Gasteiger partial charge < -0.3 is 15.0 Å². The molecule has 1 amide bonds. The Balaban J connectivity index is 1.78. The number of nitrogens with zero attached hydrogens (tertiary/aromatic N) is 2. The summed E-state index contributed by atoms with van der Waals surface area (Å²) in [5, 5.41) is 3.02. The van der Waals surface area contributed by atoms with Gasteiger partial charge in [0.05, 0.1) is 11.7 Å².